The van der Waals surface area contributed by atoms with E-state index in [0.29, 0.717) is 21.8 Å². The second-order valence-corrected chi connectivity index (χ2v) is 8.66. The number of hydrogen-bond donors (Lipinski definition) is 1. The van der Waals surface area contributed by atoms with Gasteiger partial charge in [-0.25, -0.2) is 22.9 Å². The number of hydrogen-bond acceptors (Lipinski definition) is 4. The average Bonchev–Trinajstić information content (AvgIpc) is 2.81. The highest BCUT2D eigenvalue weighted by atomic mass is 32.2. The molecule has 0 spiro atoms. The van der Waals surface area contributed by atoms with Crippen LogP contribution in [0.3, 0.4) is 0 Å². The smallest absolute Gasteiger partial charge is 0.349 e. The summed E-state index contributed by atoms with van der Waals surface area (Å²) in [5.74, 6) is -0.868. The molecule has 0 aliphatic carbocycles. The van der Waals surface area contributed by atoms with Crippen molar-refractivity contribution in [1.82, 2.24) is 19.6 Å². The lowest BCUT2D eigenvalue weighted by molar-refractivity contribution is -0.137. The minimum absolute atomic E-state index is 0.0380. The molecule has 0 bridgehead atoms. The van der Waals surface area contributed by atoms with Crippen LogP contribution in [0.15, 0.2) is 65.8 Å². The van der Waals surface area contributed by atoms with Gasteiger partial charge in [-0.15, -0.1) is 0 Å². The van der Waals surface area contributed by atoms with Crippen LogP contribution in [0.1, 0.15) is 18.2 Å². The summed E-state index contributed by atoms with van der Waals surface area (Å²) >= 11 is 0. The molecule has 2 unspecified atom stereocenters. The van der Waals surface area contributed by atoms with Gasteiger partial charge in [-0.05, 0) is 49.4 Å². The van der Waals surface area contributed by atoms with Crippen molar-refractivity contribution in [1.29, 1.82) is 0 Å². The summed E-state index contributed by atoms with van der Waals surface area (Å²) in [4.78, 5) is 21.0. The van der Waals surface area contributed by atoms with Crippen LogP contribution >= 0.6 is 0 Å². The van der Waals surface area contributed by atoms with Gasteiger partial charge >= 0.3 is 6.18 Å². The minimum Gasteiger partial charge on any atom is -0.349 e. The Hall–Kier alpha value is -3.18. The summed E-state index contributed by atoms with van der Waals surface area (Å²) in [5.41, 5.74) is 0.568. The molecule has 0 saturated heterocycles. The number of nitrogens with one attached hydrogen (secondary N) is 1. The van der Waals surface area contributed by atoms with Gasteiger partial charge in [0, 0.05) is 12.6 Å². The number of carbonyl (C=O) groups excluding carboxylic acids is 1. The van der Waals surface area contributed by atoms with Crippen LogP contribution in [0.25, 0.3) is 11.3 Å². The molecule has 3 rings (SSSR count). The van der Waals surface area contributed by atoms with Crippen molar-refractivity contribution in [2.24, 2.45) is 0 Å². The fourth-order valence-corrected chi connectivity index (χ4v) is 3.92. The SMILES string of the molecule is CC(C(=O)NCc1cc(-c2ccc(C(F)(F)F)cc2)ncn1)N(C)S(=O)c1ccc(F)cc1. The molecular formula is C22H20F4N4O2S. The third-order valence-corrected chi connectivity index (χ3v) is 6.39. The monoisotopic (exact) mass is 480 g/mol. The number of carbonyl (C=O) groups is 1. The van der Waals surface area contributed by atoms with Gasteiger partial charge in [0.25, 0.3) is 0 Å². The Morgan fingerprint density at radius 2 is 1.73 bits per heavy atom. The van der Waals surface area contributed by atoms with Crippen LogP contribution in [0.4, 0.5) is 17.6 Å². The van der Waals surface area contributed by atoms with Crippen molar-refractivity contribution < 1.29 is 26.6 Å². The Morgan fingerprint density at radius 1 is 1.09 bits per heavy atom. The van der Waals surface area contributed by atoms with E-state index in [0.717, 1.165) is 12.1 Å². The van der Waals surface area contributed by atoms with Gasteiger partial charge < -0.3 is 5.32 Å². The summed E-state index contributed by atoms with van der Waals surface area (Å²) in [6.07, 6.45) is -3.17. The minimum atomic E-state index is -4.43. The number of rotatable bonds is 7. The lowest BCUT2D eigenvalue weighted by atomic mass is 10.1. The van der Waals surface area contributed by atoms with Crippen molar-refractivity contribution in [3.05, 3.63) is 78.0 Å². The molecule has 2 atom stereocenters. The second kappa shape index (κ2) is 10.2. The van der Waals surface area contributed by atoms with Crippen LogP contribution < -0.4 is 5.32 Å². The van der Waals surface area contributed by atoms with Crippen LogP contribution in [0, 0.1) is 5.82 Å². The van der Waals surface area contributed by atoms with Gasteiger partial charge in [0.2, 0.25) is 5.91 Å². The lowest BCUT2D eigenvalue weighted by Crippen LogP contribution is -2.43. The molecule has 33 heavy (non-hydrogen) atoms. The topological polar surface area (TPSA) is 75.2 Å². The Morgan fingerprint density at radius 3 is 2.33 bits per heavy atom. The molecule has 1 amide bonds. The van der Waals surface area contributed by atoms with Crippen LogP contribution in [-0.2, 0) is 28.5 Å². The standard InChI is InChI=1S/C22H20F4N4O2S/c1-14(30(2)33(32)19-9-7-17(23)8-10-19)21(31)27-12-18-11-20(29-13-28-18)15-3-5-16(6-4-15)22(24,25)26/h3-11,13-14H,12H2,1-2H3,(H,27,31). The number of benzene rings is 2. The second-order valence-electron chi connectivity index (χ2n) is 7.11. The third kappa shape index (κ3) is 6.20. The maximum atomic E-state index is 13.1. The van der Waals surface area contributed by atoms with Crippen molar-refractivity contribution in [2.45, 2.75) is 30.6 Å². The first-order chi connectivity index (χ1) is 15.6. The Bertz CT molecular complexity index is 1140. The van der Waals surface area contributed by atoms with E-state index in [1.54, 1.807) is 13.0 Å². The van der Waals surface area contributed by atoms with Crippen LogP contribution in [0.5, 0.6) is 0 Å². The number of halogens is 4. The first-order valence-electron chi connectivity index (χ1n) is 9.73. The summed E-state index contributed by atoms with van der Waals surface area (Å²) in [6.45, 7) is 1.61. The van der Waals surface area contributed by atoms with Crippen molar-refractivity contribution in [3.8, 4) is 11.3 Å². The molecule has 1 aromatic heterocycles. The van der Waals surface area contributed by atoms with E-state index < -0.39 is 40.5 Å². The molecule has 1 N–H and O–H groups in total. The highest BCUT2D eigenvalue weighted by Crippen LogP contribution is 2.30. The molecule has 0 aliphatic heterocycles. The number of amides is 1. The molecule has 1 heterocycles. The predicted octanol–water partition coefficient (Wildman–Crippen LogP) is 3.96. The average molecular weight is 480 g/mol. The number of aromatic nitrogens is 2. The van der Waals surface area contributed by atoms with E-state index >= 15 is 0 Å². The first-order valence-corrected chi connectivity index (χ1v) is 10.8. The van der Waals surface area contributed by atoms with Gasteiger partial charge in [-0.2, -0.15) is 13.2 Å². The number of likely N-dealkylation sites (N-methyl/N-ethyl adjacent to an activating group) is 1. The van der Waals surface area contributed by atoms with E-state index in [1.165, 1.54) is 54.1 Å². The number of nitrogens with zero attached hydrogens (tertiary/aromatic N) is 3. The highest BCUT2D eigenvalue weighted by molar-refractivity contribution is 7.82. The fourth-order valence-electron chi connectivity index (χ4n) is 2.83. The molecule has 0 fully saturated rings. The Kier molecular flexibility index (Phi) is 7.54. The predicted molar refractivity (Wildman–Crippen MR) is 114 cm³/mol. The van der Waals surface area contributed by atoms with Crippen LogP contribution in [-0.4, -0.2) is 37.5 Å². The van der Waals surface area contributed by atoms with Crippen molar-refractivity contribution in [3.63, 3.8) is 0 Å². The Labute approximate surface area is 190 Å². The van der Waals surface area contributed by atoms with Gasteiger partial charge in [0.05, 0.1) is 34.4 Å². The molecule has 174 valence electrons. The fraction of sp³-hybridized carbons (Fsp3) is 0.227. The molecule has 3 aromatic rings. The van der Waals surface area contributed by atoms with E-state index in [-0.39, 0.29) is 6.54 Å². The van der Waals surface area contributed by atoms with E-state index in [2.05, 4.69) is 15.3 Å². The van der Waals surface area contributed by atoms with Gasteiger partial charge in [0.1, 0.15) is 23.1 Å². The molecule has 11 heteroatoms. The van der Waals surface area contributed by atoms with Gasteiger partial charge in [-0.3, -0.25) is 4.79 Å². The van der Waals surface area contributed by atoms with E-state index in [9.17, 15) is 26.6 Å². The largest absolute Gasteiger partial charge is 0.416 e. The summed E-state index contributed by atoms with van der Waals surface area (Å²) in [7, 11) is -0.161. The molecule has 6 nitrogen and oxygen atoms in total. The molecular weight excluding hydrogens is 460 g/mol. The van der Waals surface area contributed by atoms with Gasteiger partial charge in [-0.1, -0.05) is 12.1 Å². The maximum absolute atomic E-state index is 13.1. The lowest BCUT2D eigenvalue weighted by Gasteiger charge is -2.22. The zero-order valence-electron chi connectivity index (χ0n) is 17.6. The molecule has 0 saturated carbocycles. The van der Waals surface area contributed by atoms with Crippen LogP contribution in [0.2, 0.25) is 0 Å². The maximum Gasteiger partial charge on any atom is 0.416 e. The quantitative estimate of drug-likeness (QED) is 0.520. The normalized spacial score (nSPS) is 13.5. The molecule has 0 aliphatic rings. The van der Waals surface area contributed by atoms with E-state index in [4.69, 9.17) is 0 Å². The van der Waals surface area contributed by atoms with Crippen molar-refractivity contribution >= 4 is 16.9 Å². The Balaban J connectivity index is 1.63. The number of alkyl halides is 3. The zero-order valence-corrected chi connectivity index (χ0v) is 18.5. The van der Waals surface area contributed by atoms with Gasteiger partial charge in [0.15, 0.2) is 0 Å². The third-order valence-electron chi connectivity index (χ3n) is 4.88. The first kappa shape index (κ1) is 24.5. The molecule has 2 aromatic carbocycles. The summed E-state index contributed by atoms with van der Waals surface area (Å²) in [6, 6.07) is 10.5. The summed E-state index contributed by atoms with van der Waals surface area (Å²) < 4.78 is 65.2. The van der Waals surface area contributed by atoms with E-state index in [1.807, 2.05) is 0 Å². The summed E-state index contributed by atoms with van der Waals surface area (Å²) in [5, 5.41) is 2.69. The molecule has 0 radical (unpaired) electrons. The van der Waals surface area contributed by atoms with Crippen molar-refractivity contribution in [2.75, 3.05) is 7.05 Å². The highest BCUT2D eigenvalue weighted by Gasteiger charge is 2.30. The zero-order chi connectivity index (χ0) is 24.2.